The van der Waals surface area contributed by atoms with Crippen LogP contribution in [0.2, 0.25) is 0 Å². The van der Waals surface area contributed by atoms with Gasteiger partial charge in [0.1, 0.15) is 0 Å². The molecule has 3 heteroatoms. The summed E-state index contributed by atoms with van der Waals surface area (Å²) in [5, 5.41) is 2.21. The van der Waals surface area contributed by atoms with Crippen LogP contribution in [0.5, 0.6) is 0 Å². The molecule has 0 unspecified atom stereocenters. The highest BCUT2D eigenvalue weighted by Gasteiger charge is 2.20. The lowest BCUT2D eigenvalue weighted by molar-refractivity contribution is 1.32. The predicted octanol–water partition coefficient (Wildman–Crippen LogP) is 21.0. The van der Waals surface area contributed by atoms with Crippen molar-refractivity contribution in [3.05, 3.63) is 322 Å². The summed E-state index contributed by atoms with van der Waals surface area (Å²) in [6.45, 7) is 0. The monoisotopic (exact) mass is 1040 g/mol. The van der Waals surface area contributed by atoms with Crippen LogP contribution in [0.3, 0.4) is 0 Å². The summed E-state index contributed by atoms with van der Waals surface area (Å²) in [6, 6.07) is 108. The van der Waals surface area contributed by atoms with Crippen molar-refractivity contribution in [1.29, 1.82) is 0 Å². The van der Waals surface area contributed by atoms with Crippen LogP contribution < -0.4 is 0 Å². The minimum atomic E-state index is 0.937. The third-order valence-corrected chi connectivity index (χ3v) is 15.7. The first kappa shape index (κ1) is 49.4. The molecule has 82 heavy (non-hydrogen) atoms. The summed E-state index contributed by atoms with van der Waals surface area (Å²) in [5.74, 6) is 0. The van der Waals surface area contributed by atoms with Crippen LogP contribution in [0.25, 0.3) is 145 Å². The first-order chi connectivity index (χ1) is 40.6. The molecule has 0 amide bonds. The van der Waals surface area contributed by atoms with Gasteiger partial charge in [-0.1, -0.05) is 255 Å². The Balaban J connectivity index is 0.912. The summed E-state index contributed by atoms with van der Waals surface area (Å²) >= 11 is 0. The molecule has 0 radical (unpaired) electrons. The van der Waals surface area contributed by atoms with Crippen LogP contribution in [0, 0.1) is 0 Å². The van der Waals surface area contributed by atoms with Crippen molar-refractivity contribution in [3.8, 4) is 134 Å². The Morgan fingerprint density at radius 2 is 0.463 bits per heavy atom. The molecule has 3 heterocycles. The fourth-order valence-corrected chi connectivity index (χ4v) is 11.6. The van der Waals surface area contributed by atoms with E-state index >= 15 is 0 Å². The Morgan fingerprint density at radius 1 is 0.159 bits per heavy atom. The maximum atomic E-state index is 5.47. The zero-order valence-corrected chi connectivity index (χ0v) is 44.9. The van der Waals surface area contributed by atoms with Gasteiger partial charge in [0.05, 0.1) is 17.1 Å². The Kier molecular flexibility index (Phi) is 13.3. The number of benzene rings is 11. The lowest BCUT2D eigenvalue weighted by atomic mass is 9.86. The van der Waals surface area contributed by atoms with E-state index in [1.807, 2.05) is 24.5 Å². The number of aromatic nitrogens is 3. The van der Waals surface area contributed by atoms with Gasteiger partial charge < -0.3 is 0 Å². The van der Waals surface area contributed by atoms with Gasteiger partial charge in [-0.2, -0.15) is 0 Å². The van der Waals surface area contributed by atoms with Crippen LogP contribution >= 0.6 is 0 Å². The topological polar surface area (TPSA) is 38.7 Å². The van der Waals surface area contributed by atoms with Gasteiger partial charge in [-0.3, -0.25) is 15.0 Å². The van der Waals surface area contributed by atoms with Crippen LogP contribution in [0.15, 0.2) is 322 Å². The first-order valence-corrected chi connectivity index (χ1v) is 27.9. The second-order valence-electron chi connectivity index (χ2n) is 20.7. The number of hydrogen-bond donors (Lipinski definition) is 0. The molecule has 0 atom stereocenters. The normalized spacial score (nSPS) is 11.2. The Morgan fingerprint density at radius 3 is 0.902 bits per heavy atom. The van der Waals surface area contributed by atoms with E-state index in [0.29, 0.717) is 0 Å². The van der Waals surface area contributed by atoms with Crippen molar-refractivity contribution in [2.45, 2.75) is 0 Å². The number of fused-ring (bicyclic) bond motifs is 1. The van der Waals surface area contributed by atoms with Crippen molar-refractivity contribution in [1.82, 2.24) is 15.0 Å². The van der Waals surface area contributed by atoms with Crippen LogP contribution in [-0.4, -0.2) is 15.0 Å². The second-order valence-corrected chi connectivity index (χ2v) is 20.7. The summed E-state index contributed by atoms with van der Waals surface area (Å²) in [4.78, 5) is 15.5. The molecular formula is C79H53N3. The summed E-state index contributed by atoms with van der Waals surface area (Å²) in [7, 11) is 0. The van der Waals surface area contributed by atoms with Gasteiger partial charge in [-0.25, -0.2) is 0 Å². The first-order valence-electron chi connectivity index (χ1n) is 27.9. The molecule has 14 aromatic rings. The van der Waals surface area contributed by atoms with Crippen LogP contribution in [0.4, 0.5) is 0 Å². The zero-order valence-electron chi connectivity index (χ0n) is 44.9. The molecule has 11 aromatic carbocycles. The summed E-state index contributed by atoms with van der Waals surface area (Å²) < 4.78 is 0. The number of nitrogens with zero attached hydrogens (tertiary/aromatic N) is 3. The maximum absolute atomic E-state index is 5.47. The number of hydrogen-bond acceptors (Lipinski definition) is 3. The van der Waals surface area contributed by atoms with Crippen molar-refractivity contribution >= 4 is 10.8 Å². The molecule has 0 spiro atoms. The molecule has 3 aromatic heterocycles. The zero-order chi connectivity index (χ0) is 54.6. The standard InChI is InChI=1S/C79H53N3/c1-5-21-54(22-6-1)56-37-39-57(40-38-56)63-45-62(55-23-7-2-8-24-55)46-67(47-63)79-75-36-20-19-35-74(75)76(53-82-79)73-34-18-17-33-72(73)66-49-64(70-31-15-13-29-68(70)60-41-43-77(80-51-60)58-25-9-3-10-26-58)48-65(50-66)71-32-16-14-30-69(71)61-42-44-78(81-52-61)59-27-11-4-12-28-59/h1-53H. The molecule has 0 saturated heterocycles. The summed E-state index contributed by atoms with van der Waals surface area (Å²) in [5.41, 5.74) is 26.1. The quantitative estimate of drug-likeness (QED) is 0.122. The Bertz CT molecular complexity index is 4410. The van der Waals surface area contributed by atoms with Gasteiger partial charge >= 0.3 is 0 Å². The van der Waals surface area contributed by atoms with Crippen molar-refractivity contribution in [2.75, 3.05) is 0 Å². The number of pyridine rings is 3. The predicted molar refractivity (Wildman–Crippen MR) is 343 cm³/mol. The fourth-order valence-electron chi connectivity index (χ4n) is 11.6. The third-order valence-electron chi connectivity index (χ3n) is 15.7. The molecule has 0 bridgehead atoms. The van der Waals surface area contributed by atoms with E-state index in [0.717, 1.165) is 134 Å². The lowest BCUT2D eigenvalue weighted by Crippen LogP contribution is -1.94. The maximum Gasteiger partial charge on any atom is 0.0781 e. The Labute approximate surface area is 478 Å². The van der Waals surface area contributed by atoms with E-state index < -0.39 is 0 Å². The van der Waals surface area contributed by atoms with Crippen molar-refractivity contribution < 1.29 is 0 Å². The smallest absolute Gasteiger partial charge is 0.0781 e. The minimum absolute atomic E-state index is 0.937. The molecule has 0 fully saturated rings. The highest BCUT2D eigenvalue weighted by Crippen LogP contribution is 2.45. The van der Waals surface area contributed by atoms with Gasteiger partial charge in [-0.15, -0.1) is 0 Å². The largest absolute Gasteiger partial charge is 0.256 e. The minimum Gasteiger partial charge on any atom is -0.256 e. The third kappa shape index (κ3) is 9.89. The number of rotatable bonds is 12. The van der Waals surface area contributed by atoms with Gasteiger partial charge in [0.15, 0.2) is 0 Å². The van der Waals surface area contributed by atoms with E-state index in [1.54, 1.807) is 0 Å². The van der Waals surface area contributed by atoms with Crippen molar-refractivity contribution in [3.63, 3.8) is 0 Å². The van der Waals surface area contributed by atoms with Gasteiger partial charge in [-0.05, 0) is 137 Å². The molecule has 14 rings (SSSR count). The molecule has 0 saturated carbocycles. The summed E-state index contributed by atoms with van der Waals surface area (Å²) in [6.07, 6.45) is 6.10. The molecule has 0 N–H and O–H groups in total. The average molecular weight is 1040 g/mol. The van der Waals surface area contributed by atoms with Gasteiger partial charge in [0, 0.05) is 57.4 Å². The highest BCUT2D eigenvalue weighted by atomic mass is 14.7. The van der Waals surface area contributed by atoms with E-state index in [9.17, 15) is 0 Å². The lowest BCUT2D eigenvalue weighted by Gasteiger charge is -2.19. The fraction of sp³-hybridized carbons (Fsp3) is 0. The van der Waals surface area contributed by atoms with Gasteiger partial charge in [0.25, 0.3) is 0 Å². The Hall–Kier alpha value is -10.9. The second kappa shape index (κ2) is 22.1. The van der Waals surface area contributed by atoms with Crippen molar-refractivity contribution in [2.24, 2.45) is 0 Å². The van der Waals surface area contributed by atoms with Crippen LogP contribution in [-0.2, 0) is 0 Å². The average Bonchev–Trinajstić information content (AvgIpc) is 3.73. The molecule has 0 aliphatic rings. The SMILES string of the molecule is c1ccc(-c2ccc(-c3cc(-c4ccccc4)cc(-c4ncc(-c5ccccc5-c5cc(-c6ccccc6-c6ccc(-c7ccccc7)nc6)cc(-c6ccccc6-c6ccc(-c7ccccc7)nc6)c5)c5ccccc45)c3)cc2)cc1. The van der Waals surface area contributed by atoms with E-state index in [-0.39, 0.29) is 0 Å². The molecule has 0 aliphatic heterocycles. The van der Waals surface area contributed by atoms with Gasteiger partial charge in [0.2, 0.25) is 0 Å². The molecule has 384 valence electrons. The van der Waals surface area contributed by atoms with E-state index in [1.165, 1.54) is 11.1 Å². The molecule has 3 nitrogen and oxygen atoms in total. The van der Waals surface area contributed by atoms with E-state index in [2.05, 4.69) is 297 Å². The van der Waals surface area contributed by atoms with Crippen LogP contribution in [0.1, 0.15) is 0 Å². The van der Waals surface area contributed by atoms with E-state index in [4.69, 9.17) is 15.0 Å². The molecular weight excluding hydrogens is 991 g/mol. The highest BCUT2D eigenvalue weighted by molar-refractivity contribution is 6.06. The molecule has 0 aliphatic carbocycles.